The first kappa shape index (κ1) is 16.3. The van der Waals surface area contributed by atoms with E-state index in [0.717, 1.165) is 24.8 Å². The first-order chi connectivity index (χ1) is 10.2. The molecule has 118 valence electrons. The van der Waals surface area contributed by atoms with Crippen molar-refractivity contribution in [2.24, 2.45) is 5.92 Å². The minimum absolute atomic E-state index is 0.461. The summed E-state index contributed by atoms with van der Waals surface area (Å²) in [7, 11) is 1.72. The van der Waals surface area contributed by atoms with Crippen LogP contribution in [-0.4, -0.2) is 37.7 Å². The van der Waals surface area contributed by atoms with Crippen LogP contribution in [-0.2, 0) is 0 Å². The van der Waals surface area contributed by atoms with E-state index in [9.17, 15) is 0 Å². The maximum absolute atomic E-state index is 5.25. The first-order valence-electron chi connectivity index (χ1n) is 8.27. The van der Waals surface area contributed by atoms with Crippen LogP contribution < -0.4 is 10.1 Å². The van der Waals surface area contributed by atoms with Gasteiger partial charge in [-0.15, -0.1) is 0 Å². The largest absolute Gasteiger partial charge is 0.497 e. The average molecular weight is 290 g/mol. The molecule has 3 atom stereocenters. The van der Waals surface area contributed by atoms with E-state index in [-0.39, 0.29) is 0 Å². The molecule has 0 bridgehead atoms. The van der Waals surface area contributed by atoms with Gasteiger partial charge in [0.25, 0.3) is 0 Å². The zero-order valence-corrected chi connectivity index (χ0v) is 13.9. The van der Waals surface area contributed by atoms with Crippen molar-refractivity contribution in [3.63, 3.8) is 0 Å². The summed E-state index contributed by atoms with van der Waals surface area (Å²) in [5.41, 5.74) is 1.38. The van der Waals surface area contributed by atoms with Crippen molar-refractivity contribution < 1.29 is 4.74 Å². The lowest BCUT2D eigenvalue weighted by Crippen LogP contribution is -2.42. The normalized spacial score (nSPS) is 23.3. The molecule has 1 fully saturated rings. The van der Waals surface area contributed by atoms with E-state index < -0.39 is 0 Å². The van der Waals surface area contributed by atoms with E-state index in [4.69, 9.17) is 4.74 Å². The van der Waals surface area contributed by atoms with Crippen molar-refractivity contribution in [1.29, 1.82) is 0 Å². The van der Waals surface area contributed by atoms with E-state index in [1.54, 1.807) is 7.11 Å². The smallest absolute Gasteiger partial charge is 0.118 e. The third-order valence-electron chi connectivity index (χ3n) is 4.94. The van der Waals surface area contributed by atoms with Crippen molar-refractivity contribution in [3.05, 3.63) is 29.8 Å². The first-order valence-corrected chi connectivity index (χ1v) is 8.27. The number of nitrogens with zero attached hydrogens (tertiary/aromatic N) is 1. The molecule has 0 aliphatic carbocycles. The maximum Gasteiger partial charge on any atom is 0.118 e. The summed E-state index contributed by atoms with van der Waals surface area (Å²) < 4.78 is 5.25. The number of nitrogens with one attached hydrogen (secondary N) is 1. The Hall–Kier alpha value is -1.06. The van der Waals surface area contributed by atoms with E-state index in [0.29, 0.717) is 12.1 Å². The van der Waals surface area contributed by atoms with Gasteiger partial charge >= 0.3 is 0 Å². The Bertz CT molecular complexity index is 418. The molecule has 1 aliphatic heterocycles. The van der Waals surface area contributed by atoms with E-state index >= 15 is 0 Å². The molecule has 21 heavy (non-hydrogen) atoms. The van der Waals surface area contributed by atoms with E-state index in [2.05, 4.69) is 55.3 Å². The van der Waals surface area contributed by atoms with Gasteiger partial charge in [-0.05, 0) is 43.5 Å². The summed E-state index contributed by atoms with van der Waals surface area (Å²) in [6, 6.07) is 9.59. The molecule has 0 amide bonds. The van der Waals surface area contributed by atoms with Gasteiger partial charge in [0.05, 0.1) is 7.11 Å². The fourth-order valence-corrected chi connectivity index (χ4v) is 3.09. The van der Waals surface area contributed by atoms with Gasteiger partial charge in [-0.1, -0.05) is 32.4 Å². The number of rotatable bonds is 5. The quantitative estimate of drug-likeness (QED) is 0.898. The molecule has 3 heteroatoms. The van der Waals surface area contributed by atoms with E-state index in [1.807, 2.05) is 0 Å². The molecule has 1 aromatic rings. The predicted octanol–water partition coefficient (Wildman–Crippen LogP) is 3.47. The molecule has 0 aromatic heterocycles. The summed E-state index contributed by atoms with van der Waals surface area (Å²) in [6.45, 7) is 10.4. The minimum atomic E-state index is 0.461. The Morgan fingerprint density at radius 2 is 2.00 bits per heavy atom. The Balaban J connectivity index is 2.06. The molecule has 3 unspecified atom stereocenters. The third kappa shape index (κ3) is 4.21. The number of benzene rings is 1. The fourth-order valence-electron chi connectivity index (χ4n) is 3.09. The van der Waals surface area contributed by atoms with Crippen LogP contribution in [0.3, 0.4) is 0 Å². The van der Waals surface area contributed by atoms with Crippen molar-refractivity contribution in [2.75, 3.05) is 26.7 Å². The van der Waals surface area contributed by atoms with Crippen LogP contribution in [0.2, 0.25) is 0 Å². The van der Waals surface area contributed by atoms with Crippen LogP contribution in [0, 0.1) is 5.92 Å². The summed E-state index contributed by atoms with van der Waals surface area (Å²) in [6.07, 6.45) is 2.47. The van der Waals surface area contributed by atoms with Crippen LogP contribution >= 0.6 is 0 Å². The number of hydrogen-bond acceptors (Lipinski definition) is 3. The second-order valence-corrected chi connectivity index (χ2v) is 6.24. The molecule has 0 radical (unpaired) electrons. The highest BCUT2D eigenvalue weighted by Crippen LogP contribution is 2.25. The molecule has 1 heterocycles. The van der Waals surface area contributed by atoms with Gasteiger partial charge in [-0.3, -0.25) is 4.90 Å². The van der Waals surface area contributed by atoms with Crippen LogP contribution in [0.5, 0.6) is 5.75 Å². The molecule has 1 aliphatic rings. The molecule has 1 saturated heterocycles. The lowest BCUT2D eigenvalue weighted by atomic mass is 9.98. The maximum atomic E-state index is 5.25. The van der Waals surface area contributed by atoms with Gasteiger partial charge in [0.15, 0.2) is 0 Å². The molecule has 1 aromatic carbocycles. The lowest BCUT2D eigenvalue weighted by Gasteiger charge is -2.32. The zero-order valence-electron chi connectivity index (χ0n) is 13.9. The van der Waals surface area contributed by atoms with Crippen LogP contribution in [0.15, 0.2) is 24.3 Å². The average Bonchev–Trinajstić information content (AvgIpc) is 2.79. The summed E-state index contributed by atoms with van der Waals surface area (Å²) in [5, 5.41) is 3.73. The number of ether oxygens (including phenoxy) is 1. The number of methoxy groups -OCH3 is 1. The highest BCUT2D eigenvalue weighted by Gasteiger charge is 2.25. The van der Waals surface area contributed by atoms with Crippen LogP contribution in [0.25, 0.3) is 0 Å². The lowest BCUT2D eigenvalue weighted by molar-refractivity contribution is 0.188. The minimum Gasteiger partial charge on any atom is -0.497 e. The summed E-state index contributed by atoms with van der Waals surface area (Å²) in [5.74, 6) is 1.66. The van der Waals surface area contributed by atoms with Crippen molar-refractivity contribution in [3.8, 4) is 5.75 Å². The highest BCUT2D eigenvalue weighted by atomic mass is 16.5. The van der Waals surface area contributed by atoms with Crippen LogP contribution in [0.1, 0.15) is 45.2 Å². The second-order valence-electron chi connectivity index (χ2n) is 6.24. The second kappa shape index (κ2) is 7.81. The van der Waals surface area contributed by atoms with Gasteiger partial charge in [-0.25, -0.2) is 0 Å². The standard InChI is InChI=1S/C18H30N2O/c1-5-14(2)18-13-20(12-6-11-19-18)15(3)16-7-9-17(21-4)10-8-16/h7-10,14-15,18-19H,5-6,11-13H2,1-4H3. The monoisotopic (exact) mass is 290 g/mol. The Kier molecular flexibility index (Phi) is 6.07. The van der Waals surface area contributed by atoms with Crippen molar-refractivity contribution >= 4 is 0 Å². The van der Waals surface area contributed by atoms with Crippen LogP contribution in [0.4, 0.5) is 0 Å². The molecular weight excluding hydrogens is 260 g/mol. The summed E-state index contributed by atoms with van der Waals surface area (Å²) >= 11 is 0. The van der Waals surface area contributed by atoms with Gasteiger partial charge in [0.2, 0.25) is 0 Å². The molecular formula is C18H30N2O. The van der Waals surface area contributed by atoms with Crippen molar-refractivity contribution in [2.45, 2.75) is 45.7 Å². The Morgan fingerprint density at radius 3 is 2.62 bits per heavy atom. The molecule has 1 N–H and O–H groups in total. The summed E-state index contributed by atoms with van der Waals surface area (Å²) in [4.78, 5) is 2.62. The molecule has 2 rings (SSSR count). The van der Waals surface area contributed by atoms with Gasteiger partial charge in [0, 0.05) is 25.2 Å². The van der Waals surface area contributed by atoms with Gasteiger partial charge in [0.1, 0.15) is 5.75 Å². The number of hydrogen-bond donors (Lipinski definition) is 1. The van der Waals surface area contributed by atoms with Gasteiger partial charge in [-0.2, -0.15) is 0 Å². The van der Waals surface area contributed by atoms with Gasteiger partial charge < -0.3 is 10.1 Å². The molecule has 3 nitrogen and oxygen atoms in total. The van der Waals surface area contributed by atoms with E-state index in [1.165, 1.54) is 24.9 Å². The van der Waals surface area contributed by atoms with Crippen molar-refractivity contribution in [1.82, 2.24) is 10.2 Å². The predicted molar refractivity (Wildman–Crippen MR) is 88.8 cm³/mol. The Morgan fingerprint density at radius 1 is 1.29 bits per heavy atom. The molecule has 0 spiro atoms. The topological polar surface area (TPSA) is 24.5 Å². The molecule has 0 saturated carbocycles. The third-order valence-corrected chi connectivity index (χ3v) is 4.94. The zero-order chi connectivity index (χ0) is 15.2. The highest BCUT2D eigenvalue weighted by molar-refractivity contribution is 5.28. The fraction of sp³-hybridized carbons (Fsp3) is 0.667. The SMILES string of the molecule is CCC(C)C1CN(C(C)c2ccc(OC)cc2)CCCN1. The Labute approximate surface area is 129 Å².